The first-order valence-corrected chi connectivity index (χ1v) is 4.85. The number of fused-ring (bicyclic) bond motifs is 1. The number of rotatable bonds is 2. The van der Waals surface area contributed by atoms with Crippen molar-refractivity contribution in [2.75, 3.05) is 5.73 Å². The molecule has 0 saturated carbocycles. The Hall–Kier alpha value is -1.41. The Balaban J connectivity index is 2.55. The zero-order chi connectivity index (χ0) is 9.97. The predicted molar refractivity (Wildman–Crippen MR) is 61.3 cm³/mol. The maximum Gasteiger partial charge on any atom is 0.0716 e. The number of nitrogen functional groups attached to an aromatic ring is 1. The third kappa shape index (κ3) is 1.49. The van der Waals surface area contributed by atoms with E-state index in [1.807, 2.05) is 36.5 Å². The van der Waals surface area contributed by atoms with E-state index in [1.165, 1.54) is 5.54 Å². The summed E-state index contributed by atoms with van der Waals surface area (Å²) in [6.45, 7) is 0.751. The molecule has 0 aliphatic rings. The van der Waals surface area contributed by atoms with Gasteiger partial charge in [0.2, 0.25) is 0 Å². The molecular formula is C11H11ClN2. The first-order chi connectivity index (χ1) is 6.83. The van der Waals surface area contributed by atoms with Gasteiger partial charge in [0, 0.05) is 23.7 Å². The summed E-state index contributed by atoms with van der Waals surface area (Å²) in [5.41, 5.74) is 9.29. The SMILES string of the molecule is Nc1cccc2ccn(C/C=C/Cl)c12. The van der Waals surface area contributed by atoms with Crippen molar-refractivity contribution in [1.82, 2.24) is 4.57 Å². The quantitative estimate of drug-likeness (QED) is 0.753. The fourth-order valence-corrected chi connectivity index (χ4v) is 1.68. The predicted octanol–water partition coefficient (Wildman–Crippen LogP) is 2.98. The molecule has 2 aromatic rings. The van der Waals surface area contributed by atoms with Gasteiger partial charge in [-0.3, -0.25) is 0 Å². The van der Waals surface area contributed by atoms with Crippen molar-refractivity contribution in [1.29, 1.82) is 0 Å². The highest BCUT2D eigenvalue weighted by Crippen LogP contribution is 2.21. The van der Waals surface area contributed by atoms with Gasteiger partial charge in [0.05, 0.1) is 11.2 Å². The standard InChI is InChI=1S/C11H11ClN2/c12-6-2-7-14-8-5-9-3-1-4-10(13)11(9)14/h1-6,8H,7,13H2/b6-2+. The van der Waals surface area contributed by atoms with Crippen molar-refractivity contribution in [2.45, 2.75) is 6.54 Å². The third-order valence-electron chi connectivity index (χ3n) is 2.21. The minimum atomic E-state index is 0.751. The lowest BCUT2D eigenvalue weighted by Gasteiger charge is -2.03. The molecule has 0 bridgehead atoms. The molecule has 1 aromatic carbocycles. The molecule has 3 heteroatoms. The number of hydrogen-bond acceptors (Lipinski definition) is 1. The molecule has 0 amide bonds. The number of allylic oxidation sites excluding steroid dienone is 1. The van der Waals surface area contributed by atoms with Gasteiger partial charge in [-0.2, -0.15) is 0 Å². The van der Waals surface area contributed by atoms with Crippen LogP contribution < -0.4 is 5.73 Å². The van der Waals surface area contributed by atoms with E-state index in [0.29, 0.717) is 0 Å². The highest BCUT2D eigenvalue weighted by molar-refractivity contribution is 6.25. The Morgan fingerprint density at radius 2 is 2.21 bits per heavy atom. The van der Waals surface area contributed by atoms with Crippen molar-refractivity contribution < 1.29 is 0 Å². The maximum atomic E-state index is 5.90. The molecule has 0 aliphatic heterocycles. The van der Waals surface area contributed by atoms with Crippen LogP contribution in [0.15, 0.2) is 42.1 Å². The monoisotopic (exact) mass is 206 g/mol. The third-order valence-corrected chi connectivity index (χ3v) is 2.39. The summed E-state index contributed by atoms with van der Waals surface area (Å²) < 4.78 is 2.07. The summed E-state index contributed by atoms with van der Waals surface area (Å²) in [7, 11) is 0. The number of aromatic nitrogens is 1. The van der Waals surface area contributed by atoms with Crippen LogP contribution in [0.1, 0.15) is 0 Å². The summed E-state index contributed by atoms with van der Waals surface area (Å²) >= 11 is 5.48. The molecule has 0 saturated heterocycles. The number of nitrogens with two attached hydrogens (primary N) is 1. The van der Waals surface area contributed by atoms with Gasteiger partial charge in [0.15, 0.2) is 0 Å². The average Bonchev–Trinajstić information content (AvgIpc) is 2.59. The molecule has 14 heavy (non-hydrogen) atoms. The summed E-state index contributed by atoms with van der Waals surface area (Å²) in [5.74, 6) is 0. The van der Waals surface area contributed by atoms with Crippen LogP contribution >= 0.6 is 11.6 Å². The van der Waals surface area contributed by atoms with E-state index < -0.39 is 0 Å². The molecule has 2 N–H and O–H groups in total. The molecule has 2 nitrogen and oxygen atoms in total. The van der Waals surface area contributed by atoms with Gasteiger partial charge in [0.25, 0.3) is 0 Å². The number of halogens is 1. The molecule has 0 spiro atoms. The van der Waals surface area contributed by atoms with Gasteiger partial charge in [0.1, 0.15) is 0 Å². The largest absolute Gasteiger partial charge is 0.397 e. The van der Waals surface area contributed by atoms with E-state index in [1.54, 1.807) is 0 Å². The molecule has 1 aromatic heterocycles. The highest BCUT2D eigenvalue weighted by atomic mass is 35.5. The minimum Gasteiger partial charge on any atom is -0.397 e. The molecule has 0 fully saturated rings. The van der Waals surface area contributed by atoms with Crippen LogP contribution in [-0.4, -0.2) is 4.57 Å². The summed E-state index contributed by atoms with van der Waals surface area (Å²) in [4.78, 5) is 0. The number of anilines is 1. The molecule has 1 heterocycles. The van der Waals surface area contributed by atoms with Crippen LogP contribution in [0, 0.1) is 0 Å². The van der Waals surface area contributed by atoms with Crippen LogP contribution in [-0.2, 0) is 6.54 Å². The van der Waals surface area contributed by atoms with E-state index in [9.17, 15) is 0 Å². The number of benzene rings is 1. The lowest BCUT2D eigenvalue weighted by atomic mass is 10.2. The van der Waals surface area contributed by atoms with E-state index in [0.717, 1.165) is 23.1 Å². The normalized spacial score (nSPS) is 11.5. The molecule has 2 rings (SSSR count). The van der Waals surface area contributed by atoms with Gasteiger partial charge in [-0.25, -0.2) is 0 Å². The van der Waals surface area contributed by atoms with Crippen LogP contribution in [0.5, 0.6) is 0 Å². The van der Waals surface area contributed by atoms with Crippen molar-refractivity contribution >= 4 is 28.2 Å². The van der Waals surface area contributed by atoms with Gasteiger partial charge in [-0.1, -0.05) is 29.8 Å². The summed E-state index contributed by atoms with van der Waals surface area (Å²) in [6.07, 6.45) is 3.89. The van der Waals surface area contributed by atoms with Crippen molar-refractivity contribution in [2.24, 2.45) is 0 Å². The lowest BCUT2D eigenvalue weighted by molar-refractivity contribution is 0.866. The Labute approximate surface area is 87.6 Å². The summed E-state index contributed by atoms with van der Waals surface area (Å²) in [6, 6.07) is 7.96. The first-order valence-electron chi connectivity index (χ1n) is 4.41. The Bertz CT molecular complexity index is 471. The zero-order valence-electron chi connectivity index (χ0n) is 7.65. The zero-order valence-corrected chi connectivity index (χ0v) is 8.41. The lowest BCUT2D eigenvalue weighted by Crippen LogP contribution is -1.96. The Morgan fingerprint density at radius 3 is 3.00 bits per heavy atom. The number of hydrogen-bond donors (Lipinski definition) is 1. The van der Waals surface area contributed by atoms with E-state index in [2.05, 4.69) is 4.57 Å². The molecule has 0 unspecified atom stereocenters. The van der Waals surface area contributed by atoms with Crippen molar-refractivity contribution in [3.63, 3.8) is 0 Å². The molecule has 0 atom stereocenters. The van der Waals surface area contributed by atoms with Crippen molar-refractivity contribution in [3.8, 4) is 0 Å². The Morgan fingerprint density at radius 1 is 1.36 bits per heavy atom. The van der Waals surface area contributed by atoms with Gasteiger partial charge < -0.3 is 10.3 Å². The fraction of sp³-hybridized carbons (Fsp3) is 0.0909. The van der Waals surface area contributed by atoms with E-state index >= 15 is 0 Å². The molecule has 0 radical (unpaired) electrons. The molecule has 72 valence electrons. The van der Waals surface area contributed by atoms with E-state index in [-0.39, 0.29) is 0 Å². The highest BCUT2D eigenvalue weighted by Gasteiger charge is 2.01. The smallest absolute Gasteiger partial charge is 0.0716 e. The number of para-hydroxylation sites is 1. The summed E-state index contributed by atoms with van der Waals surface area (Å²) in [5, 5.41) is 1.16. The first kappa shape index (κ1) is 9.16. The maximum absolute atomic E-state index is 5.90. The molecular weight excluding hydrogens is 196 g/mol. The van der Waals surface area contributed by atoms with Gasteiger partial charge in [-0.05, 0) is 12.1 Å². The second kappa shape index (κ2) is 3.76. The van der Waals surface area contributed by atoms with Gasteiger partial charge >= 0.3 is 0 Å². The second-order valence-electron chi connectivity index (χ2n) is 3.11. The van der Waals surface area contributed by atoms with Crippen molar-refractivity contribution in [3.05, 3.63) is 42.1 Å². The van der Waals surface area contributed by atoms with Crippen LogP contribution in [0.2, 0.25) is 0 Å². The minimum absolute atomic E-state index is 0.751. The number of nitrogens with zero attached hydrogens (tertiary/aromatic N) is 1. The van der Waals surface area contributed by atoms with Crippen LogP contribution in [0.25, 0.3) is 10.9 Å². The average molecular weight is 207 g/mol. The van der Waals surface area contributed by atoms with Gasteiger partial charge in [-0.15, -0.1) is 0 Å². The van der Waals surface area contributed by atoms with Crippen LogP contribution in [0.4, 0.5) is 5.69 Å². The molecule has 0 aliphatic carbocycles. The topological polar surface area (TPSA) is 30.9 Å². The van der Waals surface area contributed by atoms with Crippen LogP contribution in [0.3, 0.4) is 0 Å². The Kier molecular flexibility index (Phi) is 2.46. The second-order valence-corrected chi connectivity index (χ2v) is 3.37. The van der Waals surface area contributed by atoms with E-state index in [4.69, 9.17) is 17.3 Å². The fourth-order valence-electron chi connectivity index (χ4n) is 1.60.